The molecule has 5 nitrogen and oxygen atoms in total. The summed E-state index contributed by atoms with van der Waals surface area (Å²) in [6, 6.07) is 4.98. The van der Waals surface area contributed by atoms with Crippen molar-refractivity contribution in [2.75, 3.05) is 20.2 Å². The Labute approximate surface area is 140 Å². The van der Waals surface area contributed by atoms with E-state index in [0.717, 1.165) is 6.42 Å². The van der Waals surface area contributed by atoms with E-state index in [-0.39, 0.29) is 29.3 Å². The minimum Gasteiger partial charge on any atom is -0.495 e. The molecule has 1 fully saturated rings. The minimum absolute atomic E-state index is 0. The molecule has 120 valence electrons. The molecule has 0 radical (unpaired) electrons. The lowest BCUT2D eigenvalue weighted by Gasteiger charge is -2.19. The van der Waals surface area contributed by atoms with Crippen LogP contribution in [-0.4, -0.2) is 39.0 Å². The lowest BCUT2D eigenvalue weighted by atomic mass is 10.0. The summed E-state index contributed by atoms with van der Waals surface area (Å²) < 4.78 is 32.8. The monoisotopic (exact) mass is 398 g/mol. The zero-order valence-corrected chi connectivity index (χ0v) is 15.2. The number of halogens is 2. The fraction of sp³-hybridized carbons (Fsp3) is 0.538. The third-order valence-electron chi connectivity index (χ3n) is 3.67. The maximum atomic E-state index is 12.7. The lowest BCUT2D eigenvalue weighted by Crippen LogP contribution is -2.33. The van der Waals surface area contributed by atoms with Gasteiger partial charge in [0.1, 0.15) is 10.6 Å². The second-order valence-electron chi connectivity index (χ2n) is 5.07. The highest BCUT2D eigenvalue weighted by Gasteiger charge is 2.35. The Bertz CT molecular complexity index is 595. The Balaban J connectivity index is 0.00000220. The molecule has 2 N–H and O–H groups in total. The molecule has 0 spiro atoms. The van der Waals surface area contributed by atoms with E-state index in [9.17, 15) is 8.42 Å². The number of rotatable bonds is 4. The van der Waals surface area contributed by atoms with Crippen molar-refractivity contribution in [1.29, 1.82) is 0 Å². The largest absolute Gasteiger partial charge is 0.495 e. The first-order valence-electron chi connectivity index (χ1n) is 6.45. The molecule has 1 aliphatic heterocycles. The minimum atomic E-state index is -3.55. The molecule has 0 aromatic heterocycles. The summed E-state index contributed by atoms with van der Waals surface area (Å²) in [5.41, 5.74) is 5.87. The summed E-state index contributed by atoms with van der Waals surface area (Å²) in [6.07, 6.45) is 0.799. The van der Waals surface area contributed by atoms with Gasteiger partial charge in [-0.3, -0.25) is 0 Å². The molecule has 0 saturated carbocycles. The Morgan fingerprint density at radius 3 is 2.67 bits per heavy atom. The molecule has 2 rings (SSSR count). The summed E-state index contributed by atoms with van der Waals surface area (Å²) in [5, 5.41) is 0. The van der Waals surface area contributed by atoms with Crippen LogP contribution in [0.25, 0.3) is 0 Å². The van der Waals surface area contributed by atoms with E-state index in [4.69, 9.17) is 10.5 Å². The summed E-state index contributed by atoms with van der Waals surface area (Å²) >= 11 is 3.30. The van der Waals surface area contributed by atoms with E-state index in [2.05, 4.69) is 15.9 Å². The molecular formula is C13H20BrClN2O3S. The van der Waals surface area contributed by atoms with Gasteiger partial charge in [0.25, 0.3) is 0 Å². The number of ether oxygens (including phenoxy) is 1. The van der Waals surface area contributed by atoms with Crippen LogP contribution in [0.1, 0.15) is 13.3 Å². The molecule has 1 aromatic rings. The van der Waals surface area contributed by atoms with Crippen LogP contribution in [0.4, 0.5) is 0 Å². The van der Waals surface area contributed by atoms with Crippen molar-refractivity contribution in [1.82, 2.24) is 4.31 Å². The van der Waals surface area contributed by atoms with Gasteiger partial charge in [-0.2, -0.15) is 4.31 Å². The number of sulfonamides is 1. The molecule has 0 bridgehead atoms. The average Bonchev–Trinajstić information content (AvgIpc) is 2.89. The summed E-state index contributed by atoms with van der Waals surface area (Å²) in [5.74, 6) is 0.570. The van der Waals surface area contributed by atoms with Crippen molar-refractivity contribution in [2.45, 2.75) is 24.3 Å². The third kappa shape index (κ3) is 3.90. The number of hydrogen-bond donors (Lipinski definition) is 1. The van der Waals surface area contributed by atoms with E-state index in [1.165, 1.54) is 11.4 Å². The van der Waals surface area contributed by atoms with Gasteiger partial charge in [-0.05, 0) is 37.5 Å². The van der Waals surface area contributed by atoms with E-state index < -0.39 is 10.0 Å². The van der Waals surface area contributed by atoms with Crippen LogP contribution in [0.2, 0.25) is 0 Å². The first-order chi connectivity index (χ1) is 9.36. The number of benzene rings is 1. The molecule has 1 saturated heterocycles. The second-order valence-corrected chi connectivity index (χ2v) is 7.89. The van der Waals surface area contributed by atoms with Crippen LogP contribution in [0.15, 0.2) is 27.6 Å². The predicted molar refractivity (Wildman–Crippen MR) is 88.5 cm³/mol. The first-order valence-corrected chi connectivity index (χ1v) is 8.69. The normalized spacial score (nSPS) is 20.9. The molecule has 1 heterocycles. The van der Waals surface area contributed by atoms with Crippen molar-refractivity contribution in [3.63, 3.8) is 0 Å². The Hall–Kier alpha value is -0.340. The molecule has 1 aromatic carbocycles. The van der Waals surface area contributed by atoms with Crippen molar-refractivity contribution in [2.24, 2.45) is 11.7 Å². The number of nitrogens with zero attached hydrogens (tertiary/aromatic N) is 1. The summed E-state index contributed by atoms with van der Waals surface area (Å²) in [6.45, 7) is 2.89. The Kier molecular flexibility index (Phi) is 6.49. The maximum absolute atomic E-state index is 12.7. The first kappa shape index (κ1) is 18.7. The van der Waals surface area contributed by atoms with E-state index in [0.29, 0.717) is 23.3 Å². The van der Waals surface area contributed by atoms with Crippen LogP contribution in [0.5, 0.6) is 5.75 Å². The number of methoxy groups -OCH3 is 1. The molecule has 2 atom stereocenters. The lowest BCUT2D eigenvalue weighted by molar-refractivity contribution is 0.395. The fourth-order valence-corrected chi connectivity index (χ4v) is 4.60. The van der Waals surface area contributed by atoms with Gasteiger partial charge in [0, 0.05) is 23.6 Å². The Morgan fingerprint density at radius 1 is 1.48 bits per heavy atom. The SMILES string of the molecule is COc1ccc(Br)cc1S(=O)(=O)N1CCC(C(C)N)C1.Cl. The highest BCUT2D eigenvalue weighted by atomic mass is 79.9. The smallest absolute Gasteiger partial charge is 0.246 e. The highest BCUT2D eigenvalue weighted by molar-refractivity contribution is 9.10. The predicted octanol–water partition coefficient (Wildman–Crippen LogP) is 2.24. The van der Waals surface area contributed by atoms with E-state index >= 15 is 0 Å². The fourth-order valence-electron chi connectivity index (χ4n) is 2.39. The van der Waals surface area contributed by atoms with Crippen molar-refractivity contribution < 1.29 is 13.2 Å². The summed E-state index contributed by atoms with van der Waals surface area (Å²) in [4.78, 5) is 0.194. The molecule has 2 unspecified atom stereocenters. The van der Waals surface area contributed by atoms with Gasteiger partial charge in [-0.25, -0.2) is 8.42 Å². The third-order valence-corrected chi connectivity index (χ3v) is 6.05. The zero-order chi connectivity index (χ0) is 14.9. The zero-order valence-electron chi connectivity index (χ0n) is 12.0. The quantitative estimate of drug-likeness (QED) is 0.843. The van der Waals surface area contributed by atoms with Crippen molar-refractivity contribution in [3.05, 3.63) is 22.7 Å². The maximum Gasteiger partial charge on any atom is 0.246 e. The molecular weight excluding hydrogens is 380 g/mol. The van der Waals surface area contributed by atoms with Gasteiger partial charge in [-0.15, -0.1) is 12.4 Å². The van der Waals surface area contributed by atoms with E-state index in [1.807, 2.05) is 6.92 Å². The Morgan fingerprint density at radius 2 is 2.14 bits per heavy atom. The van der Waals surface area contributed by atoms with Crippen LogP contribution >= 0.6 is 28.3 Å². The van der Waals surface area contributed by atoms with Gasteiger partial charge in [0.2, 0.25) is 10.0 Å². The van der Waals surface area contributed by atoms with Crippen LogP contribution in [0, 0.1) is 5.92 Å². The topological polar surface area (TPSA) is 72.6 Å². The van der Waals surface area contributed by atoms with Gasteiger partial charge < -0.3 is 10.5 Å². The number of hydrogen-bond acceptors (Lipinski definition) is 4. The van der Waals surface area contributed by atoms with Crippen LogP contribution in [0.3, 0.4) is 0 Å². The van der Waals surface area contributed by atoms with Gasteiger partial charge >= 0.3 is 0 Å². The second kappa shape index (κ2) is 7.28. The van der Waals surface area contributed by atoms with Crippen molar-refractivity contribution in [3.8, 4) is 5.75 Å². The van der Waals surface area contributed by atoms with Gasteiger partial charge in [0.15, 0.2) is 0 Å². The van der Waals surface area contributed by atoms with Crippen LogP contribution < -0.4 is 10.5 Å². The highest BCUT2D eigenvalue weighted by Crippen LogP contribution is 2.32. The molecule has 0 aliphatic carbocycles. The summed E-state index contributed by atoms with van der Waals surface area (Å²) in [7, 11) is -2.08. The number of nitrogens with two attached hydrogens (primary N) is 1. The van der Waals surface area contributed by atoms with E-state index in [1.54, 1.807) is 18.2 Å². The standard InChI is InChI=1S/C13H19BrN2O3S.ClH/c1-9(15)10-5-6-16(8-10)20(17,18)13-7-11(14)3-4-12(13)19-2;/h3-4,7,9-10H,5-6,8,15H2,1-2H3;1H. The molecule has 21 heavy (non-hydrogen) atoms. The molecule has 8 heteroatoms. The molecule has 0 amide bonds. The molecule has 1 aliphatic rings. The van der Waals surface area contributed by atoms with Gasteiger partial charge in [0.05, 0.1) is 7.11 Å². The van der Waals surface area contributed by atoms with Crippen LogP contribution in [-0.2, 0) is 10.0 Å². The van der Waals surface area contributed by atoms with Gasteiger partial charge in [-0.1, -0.05) is 15.9 Å². The van der Waals surface area contributed by atoms with Crippen molar-refractivity contribution >= 4 is 38.4 Å². The average molecular weight is 400 g/mol.